The molecule has 26 heavy (non-hydrogen) atoms. The Balaban J connectivity index is 1.82. The fourth-order valence-corrected chi connectivity index (χ4v) is 3.63. The first-order valence-corrected chi connectivity index (χ1v) is 9.34. The lowest BCUT2D eigenvalue weighted by atomic mass is 10.2. The second kappa shape index (κ2) is 7.86. The van der Waals surface area contributed by atoms with Crippen LogP contribution in [-0.2, 0) is 22.8 Å². The van der Waals surface area contributed by atoms with E-state index in [0.29, 0.717) is 23.9 Å². The summed E-state index contributed by atoms with van der Waals surface area (Å²) in [4.78, 5) is 24.4. The number of aromatic nitrogens is 2. The summed E-state index contributed by atoms with van der Waals surface area (Å²) in [7, 11) is 0. The molecule has 0 atom stereocenters. The topological polar surface area (TPSA) is 76.0 Å². The molecule has 0 fully saturated rings. The van der Waals surface area contributed by atoms with Gasteiger partial charge in [0.15, 0.2) is 11.6 Å². The van der Waals surface area contributed by atoms with Gasteiger partial charge in [0.25, 0.3) is 5.91 Å². The minimum Gasteiger partial charge on any atom is -0.355 e. The minimum absolute atomic E-state index is 0.00788. The Hall–Kier alpha value is -2.42. The zero-order chi connectivity index (χ0) is 18.7. The number of carbonyl (C=O) groups excluding carboxylic acids is 2. The van der Waals surface area contributed by atoms with Gasteiger partial charge < -0.3 is 10.6 Å². The van der Waals surface area contributed by atoms with Gasteiger partial charge in [0.2, 0.25) is 5.91 Å². The number of benzene rings is 1. The molecule has 1 aromatic carbocycles. The largest absolute Gasteiger partial charge is 0.355 e. The SMILES string of the molecule is CCCNC(=O)Cn1nc2c(c1NC(=O)c1ccc(F)c(F)c1)CSC2. The van der Waals surface area contributed by atoms with Crippen molar-refractivity contribution in [1.82, 2.24) is 15.1 Å². The number of rotatable bonds is 6. The number of nitrogens with one attached hydrogen (secondary N) is 2. The van der Waals surface area contributed by atoms with Crippen molar-refractivity contribution in [2.75, 3.05) is 11.9 Å². The van der Waals surface area contributed by atoms with E-state index < -0.39 is 17.5 Å². The van der Waals surface area contributed by atoms with Crippen LogP contribution in [0, 0.1) is 11.6 Å². The van der Waals surface area contributed by atoms with Gasteiger partial charge in [-0.25, -0.2) is 13.5 Å². The van der Waals surface area contributed by atoms with Crippen molar-refractivity contribution < 1.29 is 18.4 Å². The van der Waals surface area contributed by atoms with E-state index in [4.69, 9.17) is 0 Å². The van der Waals surface area contributed by atoms with E-state index in [2.05, 4.69) is 15.7 Å². The Labute approximate surface area is 153 Å². The van der Waals surface area contributed by atoms with Crippen LogP contribution in [0.2, 0.25) is 0 Å². The molecule has 2 aromatic rings. The molecule has 2 heterocycles. The molecule has 0 spiro atoms. The third-order valence-electron chi connectivity index (χ3n) is 3.90. The van der Waals surface area contributed by atoms with Gasteiger partial charge in [0.05, 0.1) is 5.69 Å². The summed E-state index contributed by atoms with van der Waals surface area (Å²) in [6.07, 6.45) is 0.817. The highest BCUT2D eigenvalue weighted by Gasteiger charge is 2.25. The van der Waals surface area contributed by atoms with Gasteiger partial charge >= 0.3 is 0 Å². The number of amides is 2. The second-order valence-corrected chi connectivity index (χ2v) is 6.84. The van der Waals surface area contributed by atoms with Crippen LogP contribution >= 0.6 is 11.8 Å². The van der Waals surface area contributed by atoms with Crippen LogP contribution in [0.25, 0.3) is 0 Å². The molecule has 2 N–H and O–H groups in total. The molecule has 0 bridgehead atoms. The molecular formula is C17H18F2N4O2S. The number of thioether (sulfide) groups is 1. The van der Waals surface area contributed by atoms with Crippen molar-refractivity contribution in [1.29, 1.82) is 0 Å². The third kappa shape index (κ3) is 3.87. The van der Waals surface area contributed by atoms with E-state index in [0.717, 1.165) is 29.8 Å². The summed E-state index contributed by atoms with van der Waals surface area (Å²) < 4.78 is 27.9. The standard InChI is InChI=1S/C17H18F2N4O2S/c1-2-5-20-15(24)7-23-16(11-8-26-9-14(11)22-23)21-17(25)10-3-4-12(18)13(19)6-10/h3-4,6H,2,5,7-9H2,1H3,(H,20,24)(H,21,25). The summed E-state index contributed by atoms with van der Waals surface area (Å²) in [6, 6.07) is 2.95. The summed E-state index contributed by atoms with van der Waals surface area (Å²) in [5.41, 5.74) is 1.67. The van der Waals surface area contributed by atoms with Gasteiger partial charge in [-0.05, 0) is 24.6 Å². The van der Waals surface area contributed by atoms with E-state index >= 15 is 0 Å². The lowest BCUT2D eigenvalue weighted by molar-refractivity contribution is -0.121. The Morgan fingerprint density at radius 1 is 1.27 bits per heavy atom. The van der Waals surface area contributed by atoms with E-state index in [-0.39, 0.29) is 18.0 Å². The maximum absolute atomic E-state index is 13.4. The predicted molar refractivity (Wildman–Crippen MR) is 94.8 cm³/mol. The highest BCUT2D eigenvalue weighted by molar-refractivity contribution is 7.98. The molecule has 9 heteroatoms. The molecule has 1 aliphatic rings. The average Bonchev–Trinajstić information content (AvgIpc) is 3.18. The molecular weight excluding hydrogens is 362 g/mol. The van der Waals surface area contributed by atoms with Crippen LogP contribution in [0.5, 0.6) is 0 Å². The van der Waals surface area contributed by atoms with Crippen molar-refractivity contribution in [3.63, 3.8) is 0 Å². The minimum atomic E-state index is -1.09. The number of nitrogens with zero attached hydrogens (tertiary/aromatic N) is 2. The zero-order valence-electron chi connectivity index (χ0n) is 14.1. The van der Waals surface area contributed by atoms with Crippen LogP contribution < -0.4 is 10.6 Å². The molecule has 6 nitrogen and oxygen atoms in total. The van der Waals surface area contributed by atoms with Crippen LogP contribution in [0.3, 0.4) is 0 Å². The fraction of sp³-hybridized carbons (Fsp3) is 0.353. The second-order valence-electron chi connectivity index (χ2n) is 5.86. The molecule has 0 saturated heterocycles. The van der Waals surface area contributed by atoms with Crippen molar-refractivity contribution >= 4 is 29.4 Å². The highest BCUT2D eigenvalue weighted by atomic mass is 32.2. The average molecular weight is 380 g/mol. The van der Waals surface area contributed by atoms with Crippen LogP contribution in [-0.4, -0.2) is 28.1 Å². The molecule has 1 aliphatic heterocycles. The summed E-state index contributed by atoms with van der Waals surface area (Å²) in [6.45, 7) is 2.49. The molecule has 2 amide bonds. The van der Waals surface area contributed by atoms with E-state index in [1.165, 1.54) is 10.7 Å². The van der Waals surface area contributed by atoms with Gasteiger partial charge in [-0.3, -0.25) is 9.59 Å². The quantitative estimate of drug-likeness (QED) is 0.808. The van der Waals surface area contributed by atoms with Crippen molar-refractivity contribution in [3.05, 3.63) is 46.7 Å². The molecule has 1 aromatic heterocycles. The fourth-order valence-electron chi connectivity index (χ4n) is 2.59. The first-order chi connectivity index (χ1) is 12.5. The lowest BCUT2D eigenvalue weighted by Gasteiger charge is -2.11. The summed E-state index contributed by atoms with van der Waals surface area (Å²) >= 11 is 1.66. The molecule has 0 unspecified atom stereocenters. The molecule has 0 aliphatic carbocycles. The lowest BCUT2D eigenvalue weighted by Crippen LogP contribution is -2.29. The maximum atomic E-state index is 13.4. The smallest absolute Gasteiger partial charge is 0.256 e. The van der Waals surface area contributed by atoms with Gasteiger partial charge in [0, 0.05) is 29.2 Å². The van der Waals surface area contributed by atoms with Gasteiger partial charge in [-0.1, -0.05) is 6.92 Å². The predicted octanol–water partition coefficient (Wildman–Crippen LogP) is 2.69. The monoisotopic (exact) mass is 380 g/mol. The normalized spacial score (nSPS) is 12.7. The van der Waals surface area contributed by atoms with Gasteiger partial charge in [-0.15, -0.1) is 0 Å². The van der Waals surface area contributed by atoms with Gasteiger partial charge in [0.1, 0.15) is 12.4 Å². The van der Waals surface area contributed by atoms with Crippen LogP contribution in [0.15, 0.2) is 18.2 Å². The van der Waals surface area contributed by atoms with Gasteiger partial charge in [-0.2, -0.15) is 16.9 Å². The van der Waals surface area contributed by atoms with Crippen molar-refractivity contribution in [3.8, 4) is 0 Å². The summed E-state index contributed by atoms with van der Waals surface area (Å²) in [5.74, 6) is -1.11. The van der Waals surface area contributed by atoms with Crippen molar-refractivity contribution in [2.24, 2.45) is 0 Å². The number of anilines is 1. The highest BCUT2D eigenvalue weighted by Crippen LogP contribution is 2.34. The zero-order valence-corrected chi connectivity index (χ0v) is 15.0. The Kier molecular flexibility index (Phi) is 5.55. The molecule has 0 radical (unpaired) electrons. The third-order valence-corrected chi connectivity index (χ3v) is 4.87. The number of halogens is 2. The van der Waals surface area contributed by atoms with Crippen LogP contribution in [0.4, 0.5) is 14.6 Å². The first kappa shape index (κ1) is 18.4. The Bertz CT molecular complexity index is 854. The number of hydrogen-bond acceptors (Lipinski definition) is 4. The van der Waals surface area contributed by atoms with Crippen LogP contribution in [0.1, 0.15) is 35.0 Å². The molecule has 0 saturated carbocycles. The molecule has 138 valence electrons. The first-order valence-electron chi connectivity index (χ1n) is 8.19. The number of carbonyl (C=O) groups is 2. The molecule has 3 rings (SSSR count). The number of hydrogen-bond donors (Lipinski definition) is 2. The van der Waals surface area contributed by atoms with E-state index in [1.807, 2.05) is 6.92 Å². The summed E-state index contributed by atoms with van der Waals surface area (Å²) in [5, 5.41) is 9.86. The van der Waals surface area contributed by atoms with Crippen molar-refractivity contribution in [2.45, 2.75) is 31.4 Å². The van der Waals surface area contributed by atoms with E-state index in [9.17, 15) is 18.4 Å². The Morgan fingerprint density at radius 3 is 2.81 bits per heavy atom. The number of fused-ring (bicyclic) bond motifs is 1. The van der Waals surface area contributed by atoms with E-state index in [1.54, 1.807) is 11.8 Å². The Morgan fingerprint density at radius 2 is 2.08 bits per heavy atom. The maximum Gasteiger partial charge on any atom is 0.256 e.